The van der Waals surface area contributed by atoms with Crippen LogP contribution in [0.5, 0.6) is 0 Å². The molecule has 0 bridgehead atoms. The summed E-state index contributed by atoms with van der Waals surface area (Å²) in [6.07, 6.45) is 89.5. The van der Waals surface area contributed by atoms with Crippen LogP contribution in [0.3, 0.4) is 0 Å². The van der Waals surface area contributed by atoms with Gasteiger partial charge in [-0.3, -0.25) is 14.2 Å². The molecular formula is C68H104NO8P. The molecule has 0 aromatic heterocycles. The van der Waals surface area contributed by atoms with Crippen molar-refractivity contribution in [2.24, 2.45) is 0 Å². The molecule has 0 aromatic carbocycles. The van der Waals surface area contributed by atoms with Gasteiger partial charge in [-0.15, -0.1) is 0 Å². The second kappa shape index (κ2) is 56.6. The minimum Gasteiger partial charge on any atom is -0.756 e. The van der Waals surface area contributed by atoms with E-state index in [1.807, 2.05) is 33.3 Å². The van der Waals surface area contributed by atoms with Crippen LogP contribution < -0.4 is 4.89 Å². The molecule has 0 aliphatic heterocycles. The highest BCUT2D eigenvalue weighted by Crippen LogP contribution is 2.38. The number of hydrogen-bond donors (Lipinski definition) is 0. The third-order valence-electron chi connectivity index (χ3n) is 11.1. The highest BCUT2D eigenvalue weighted by molar-refractivity contribution is 7.45. The van der Waals surface area contributed by atoms with Gasteiger partial charge in [-0.2, -0.15) is 0 Å². The molecule has 9 nitrogen and oxygen atoms in total. The van der Waals surface area contributed by atoms with Crippen molar-refractivity contribution >= 4 is 19.8 Å². The van der Waals surface area contributed by atoms with Crippen LogP contribution in [0.15, 0.2) is 194 Å². The quantitative estimate of drug-likeness (QED) is 0.0195. The van der Waals surface area contributed by atoms with E-state index < -0.39 is 32.5 Å². The second-order valence-electron chi connectivity index (χ2n) is 19.5. The number of likely N-dealkylation sites (N-methyl/N-ethyl adjacent to an activating group) is 1. The summed E-state index contributed by atoms with van der Waals surface area (Å²) in [4.78, 5) is 37.7. The summed E-state index contributed by atoms with van der Waals surface area (Å²) < 4.78 is 33.9. The van der Waals surface area contributed by atoms with Gasteiger partial charge in [0.2, 0.25) is 0 Å². The molecule has 434 valence electrons. The van der Waals surface area contributed by atoms with E-state index in [2.05, 4.69) is 196 Å². The lowest BCUT2D eigenvalue weighted by Crippen LogP contribution is -2.37. The first-order valence-electron chi connectivity index (χ1n) is 29.1. The Kier molecular flexibility index (Phi) is 52.8. The van der Waals surface area contributed by atoms with Crippen LogP contribution in [0.25, 0.3) is 0 Å². The molecule has 2 atom stereocenters. The number of hydrogen-bond acceptors (Lipinski definition) is 8. The van der Waals surface area contributed by atoms with Crippen molar-refractivity contribution < 1.29 is 42.1 Å². The summed E-state index contributed by atoms with van der Waals surface area (Å²) in [5, 5.41) is 0. The third kappa shape index (κ3) is 60.1. The van der Waals surface area contributed by atoms with E-state index in [1.54, 1.807) is 0 Å². The van der Waals surface area contributed by atoms with Gasteiger partial charge in [0.1, 0.15) is 19.8 Å². The molecule has 0 saturated heterocycles. The first-order chi connectivity index (χ1) is 38.0. The van der Waals surface area contributed by atoms with Crippen LogP contribution in [0.2, 0.25) is 0 Å². The van der Waals surface area contributed by atoms with Crippen molar-refractivity contribution in [2.45, 2.75) is 174 Å². The number of carbonyl (C=O) groups is 2. The van der Waals surface area contributed by atoms with Crippen LogP contribution in [0, 0.1) is 0 Å². The SMILES string of the molecule is CC/C=C\C/C=C\C/C=C\C/C=C\C/C=C\C/C=C\C/C=C\C/C=C\C/C=C\C/C=C\C/C=C\C/C=C\CCCCCCC(=O)OC(COC(=O)CC/C=C\C/C=C\C/C=C\C/C=C\CC)COP(=O)([O-])OCC[N+](C)(C)C. The number of carbonyl (C=O) groups excluding carboxylic acids is 2. The Morgan fingerprint density at radius 2 is 0.718 bits per heavy atom. The monoisotopic (exact) mass is 1090 g/mol. The van der Waals surface area contributed by atoms with E-state index in [4.69, 9.17) is 18.5 Å². The number of esters is 2. The molecule has 10 heteroatoms. The zero-order valence-corrected chi connectivity index (χ0v) is 49.9. The van der Waals surface area contributed by atoms with Crippen molar-refractivity contribution in [2.75, 3.05) is 47.5 Å². The number of phosphoric acid groups is 1. The summed E-state index contributed by atoms with van der Waals surface area (Å²) in [5.41, 5.74) is 0. The number of quaternary nitrogens is 1. The van der Waals surface area contributed by atoms with Gasteiger partial charge in [-0.25, -0.2) is 0 Å². The lowest BCUT2D eigenvalue weighted by atomic mass is 10.1. The lowest BCUT2D eigenvalue weighted by Gasteiger charge is -2.28. The fraction of sp³-hybridized carbons (Fsp3) is 0.500. The number of phosphoric ester groups is 1. The number of ether oxygens (including phenoxy) is 2. The summed E-state index contributed by atoms with van der Waals surface area (Å²) >= 11 is 0. The van der Waals surface area contributed by atoms with Crippen molar-refractivity contribution in [3.05, 3.63) is 194 Å². The molecule has 0 aliphatic rings. The average Bonchev–Trinajstić information content (AvgIpc) is 3.40. The topological polar surface area (TPSA) is 111 Å². The van der Waals surface area contributed by atoms with Gasteiger partial charge >= 0.3 is 11.9 Å². The Balaban J connectivity index is 4.23. The number of allylic oxidation sites excluding steroid dienone is 32. The van der Waals surface area contributed by atoms with E-state index in [9.17, 15) is 19.0 Å². The Bertz CT molecular complexity index is 2010. The van der Waals surface area contributed by atoms with Crippen molar-refractivity contribution in [3.8, 4) is 0 Å². The number of rotatable bonds is 50. The van der Waals surface area contributed by atoms with Crippen LogP contribution in [0.1, 0.15) is 168 Å². The fourth-order valence-electron chi connectivity index (χ4n) is 6.71. The molecule has 0 aromatic rings. The normalized spacial score (nSPS) is 14.7. The van der Waals surface area contributed by atoms with E-state index in [0.29, 0.717) is 23.9 Å². The summed E-state index contributed by atoms with van der Waals surface area (Å²) in [5.74, 6) is -0.979. The minimum absolute atomic E-state index is 0.0579. The number of unbranched alkanes of at least 4 members (excludes halogenated alkanes) is 4. The van der Waals surface area contributed by atoms with Gasteiger partial charge < -0.3 is 27.9 Å². The molecule has 2 unspecified atom stereocenters. The Morgan fingerprint density at radius 3 is 1.06 bits per heavy atom. The maximum Gasteiger partial charge on any atom is 0.306 e. The van der Waals surface area contributed by atoms with E-state index >= 15 is 0 Å². The fourth-order valence-corrected chi connectivity index (χ4v) is 7.44. The lowest BCUT2D eigenvalue weighted by molar-refractivity contribution is -0.870. The first kappa shape index (κ1) is 72.8. The molecular weight excluding hydrogens is 990 g/mol. The van der Waals surface area contributed by atoms with Crippen molar-refractivity contribution in [1.82, 2.24) is 0 Å². The molecule has 0 spiro atoms. The Hall–Kier alpha value is -5.15. The molecule has 0 fully saturated rings. The summed E-state index contributed by atoms with van der Waals surface area (Å²) in [7, 11) is 1.08. The summed E-state index contributed by atoms with van der Waals surface area (Å²) in [6.45, 7) is 3.84. The molecule has 0 heterocycles. The van der Waals surface area contributed by atoms with Crippen molar-refractivity contribution in [1.29, 1.82) is 0 Å². The Morgan fingerprint density at radius 1 is 0.397 bits per heavy atom. The van der Waals surface area contributed by atoms with Gasteiger partial charge in [0, 0.05) is 12.8 Å². The Labute approximate surface area is 475 Å². The van der Waals surface area contributed by atoms with Crippen LogP contribution in [-0.4, -0.2) is 70.0 Å². The number of nitrogens with zero attached hydrogens (tertiary/aromatic N) is 1. The molecule has 0 rings (SSSR count). The molecule has 0 saturated carbocycles. The molecule has 0 N–H and O–H groups in total. The molecule has 0 radical (unpaired) electrons. The first-order valence-corrected chi connectivity index (χ1v) is 30.6. The van der Waals surface area contributed by atoms with Gasteiger partial charge in [-0.05, 0) is 128 Å². The highest BCUT2D eigenvalue weighted by atomic mass is 31.2. The van der Waals surface area contributed by atoms with Crippen LogP contribution in [0.4, 0.5) is 0 Å². The van der Waals surface area contributed by atoms with E-state index in [0.717, 1.165) is 128 Å². The van der Waals surface area contributed by atoms with E-state index in [-0.39, 0.29) is 26.1 Å². The standard InChI is InChI=1S/C68H104NO8P/c1-6-8-10-12-14-16-18-20-21-22-23-24-25-26-27-28-29-30-31-32-33-34-35-36-37-38-39-40-41-42-43-44-45-46-47-49-51-53-55-57-59-61-68(71)77-66(65-76-78(72,73)75-63-62-69(3,4)5)64-74-67(70)60-58-56-54-52-50-48-19-17-15-13-11-9-7-2/h8-11,14-17,20-21,23-24,26-27,29-30,32-33,35-36,38-39,41-42,44-45,47-50,54,56,66H,6-7,12-13,18-19,22,25,28,31,34,37,40,43,46,51-53,55,57-65H2,1-5H3/b10-8-,11-9-,16-14-,17-15-,21-20-,24-23-,27-26-,30-29-,33-32-,36-35-,39-38-,42-41-,45-44-,49-47-,50-48-,56-54-. The largest absolute Gasteiger partial charge is 0.756 e. The maximum absolute atomic E-state index is 12.8. The van der Waals surface area contributed by atoms with Gasteiger partial charge in [-0.1, -0.05) is 221 Å². The van der Waals surface area contributed by atoms with Gasteiger partial charge in [0.05, 0.1) is 27.7 Å². The minimum atomic E-state index is -4.67. The zero-order chi connectivity index (χ0) is 57.0. The maximum atomic E-state index is 12.8. The van der Waals surface area contributed by atoms with Gasteiger partial charge in [0.25, 0.3) is 7.82 Å². The zero-order valence-electron chi connectivity index (χ0n) is 49.0. The molecule has 78 heavy (non-hydrogen) atoms. The predicted molar refractivity (Wildman–Crippen MR) is 332 cm³/mol. The molecule has 0 aliphatic carbocycles. The van der Waals surface area contributed by atoms with E-state index in [1.165, 1.54) is 0 Å². The van der Waals surface area contributed by atoms with Crippen LogP contribution in [-0.2, 0) is 32.7 Å². The van der Waals surface area contributed by atoms with Crippen molar-refractivity contribution in [3.63, 3.8) is 0 Å². The average molecular weight is 1090 g/mol. The van der Waals surface area contributed by atoms with Gasteiger partial charge in [0.15, 0.2) is 6.10 Å². The predicted octanol–water partition coefficient (Wildman–Crippen LogP) is 18.0. The second-order valence-corrected chi connectivity index (χ2v) is 20.9. The van der Waals surface area contributed by atoms with Crippen LogP contribution >= 0.6 is 7.82 Å². The summed E-state index contributed by atoms with van der Waals surface area (Å²) in [6, 6.07) is 0. The third-order valence-corrected chi connectivity index (χ3v) is 12.1. The smallest absolute Gasteiger partial charge is 0.306 e. The molecule has 0 amide bonds. The highest BCUT2D eigenvalue weighted by Gasteiger charge is 2.21.